The number of likely N-dealkylation sites (N-methyl/N-ethyl adjacent to an activating group) is 1. The Kier molecular flexibility index (Phi) is 8.95. The molecule has 5 rings (SSSR count). The number of ketones is 2. The predicted molar refractivity (Wildman–Crippen MR) is 158 cm³/mol. The summed E-state index contributed by atoms with van der Waals surface area (Å²) in [6, 6.07) is 10.5. The number of nitrogens with zero attached hydrogens (tertiary/aromatic N) is 3. The summed E-state index contributed by atoms with van der Waals surface area (Å²) >= 11 is 0. The van der Waals surface area contributed by atoms with E-state index >= 15 is 0 Å². The Morgan fingerprint density at radius 1 is 1.05 bits per heavy atom. The number of Topliss-reactive ketones (excluding diaryl/α,β-unsaturated/α-hetero) is 2. The van der Waals surface area contributed by atoms with Gasteiger partial charge >= 0.3 is 5.97 Å². The minimum atomic E-state index is -1.01. The van der Waals surface area contributed by atoms with Crippen molar-refractivity contribution < 1.29 is 33.8 Å². The summed E-state index contributed by atoms with van der Waals surface area (Å²) in [5.74, 6) is -2.43. The van der Waals surface area contributed by atoms with Gasteiger partial charge in [-0.1, -0.05) is 12.1 Å². The first kappa shape index (κ1) is 30.3. The van der Waals surface area contributed by atoms with Crippen LogP contribution < -0.4 is 25.6 Å². The lowest BCUT2D eigenvalue weighted by Gasteiger charge is -2.35. The average Bonchev–Trinajstić information content (AvgIpc) is 3.44. The van der Waals surface area contributed by atoms with Crippen LogP contribution in [0.2, 0.25) is 0 Å². The second-order valence-corrected chi connectivity index (χ2v) is 10.6. The second kappa shape index (κ2) is 13.0. The van der Waals surface area contributed by atoms with Crippen LogP contribution in [0.1, 0.15) is 67.4 Å². The number of carbonyl (C=O) groups is 5. The molecule has 44 heavy (non-hydrogen) atoms. The Labute approximate surface area is 253 Å². The van der Waals surface area contributed by atoms with Crippen molar-refractivity contribution in [1.82, 2.24) is 25.9 Å². The van der Waals surface area contributed by atoms with Crippen LogP contribution in [0.4, 0.5) is 5.69 Å². The van der Waals surface area contributed by atoms with E-state index in [2.05, 4.69) is 25.9 Å². The third-order valence-corrected chi connectivity index (χ3v) is 7.74. The number of carbonyl (C=O) groups excluding carboxylic acids is 4. The first-order valence-electron chi connectivity index (χ1n) is 14.2. The number of aromatic carboxylic acids is 1. The van der Waals surface area contributed by atoms with Gasteiger partial charge < -0.3 is 30.7 Å². The number of fused-ring (bicyclic) bond motifs is 2. The van der Waals surface area contributed by atoms with E-state index in [4.69, 9.17) is 4.74 Å². The highest BCUT2D eigenvalue weighted by atomic mass is 16.5. The average molecular weight is 601 g/mol. The van der Waals surface area contributed by atoms with Gasteiger partial charge in [-0.3, -0.25) is 19.2 Å². The molecule has 0 bridgehead atoms. The summed E-state index contributed by atoms with van der Waals surface area (Å²) < 4.78 is 5.74. The number of hydrogen-bond acceptors (Lipinski definition) is 10. The highest BCUT2D eigenvalue weighted by Gasteiger charge is 2.31. The molecule has 1 aliphatic carbocycles. The first-order chi connectivity index (χ1) is 21.2. The van der Waals surface area contributed by atoms with E-state index in [9.17, 15) is 29.1 Å². The number of nitrogens with one attached hydrogen (secondary N) is 3. The lowest BCUT2D eigenvalue weighted by Crippen LogP contribution is -2.47. The van der Waals surface area contributed by atoms with Crippen LogP contribution in [0, 0.1) is 0 Å². The zero-order chi connectivity index (χ0) is 31.4. The van der Waals surface area contributed by atoms with E-state index < -0.39 is 35.4 Å². The van der Waals surface area contributed by atoms with Crippen LogP contribution >= 0.6 is 0 Å². The topological polar surface area (TPSA) is 180 Å². The summed E-state index contributed by atoms with van der Waals surface area (Å²) in [5.41, 5.74) is 3.33. The molecule has 2 heterocycles. The van der Waals surface area contributed by atoms with Crippen molar-refractivity contribution in [2.75, 3.05) is 31.6 Å². The smallest absolute Gasteiger partial charge is 0.335 e. The fourth-order valence-electron chi connectivity index (χ4n) is 5.43. The first-order valence-corrected chi connectivity index (χ1v) is 14.2. The highest BCUT2D eigenvalue weighted by molar-refractivity contribution is 6.40. The van der Waals surface area contributed by atoms with Crippen LogP contribution in [-0.2, 0) is 22.6 Å². The Hall–Kier alpha value is -5.17. The molecule has 2 aliphatic rings. The predicted octanol–water partition coefficient (Wildman–Crippen LogP) is 1.47. The van der Waals surface area contributed by atoms with Crippen molar-refractivity contribution in [1.29, 1.82) is 0 Å². The summed E-state index contributed by atoms with van der Waals surface area (Å²) in [5, 5.41) is 17.6. The summed E-state index contributed by atoms with van der Waals surface area (Å²) in [4.78, 5) is 72.0. The Balaban J connectivity index is 1.23. The van der Waals surface area contributed by atoms with E-state index in [-0.39, 0.29) is 36.1 Å². The van der Waals surface area contributed by atoms with Gasteiger partial charge in [0.05, 0.1) is 36.4 Å². The molecular weight excluding hydrogens is 568 g/mol. The Morgan fingerprint density at radius 2 is 1.82 bits per heavy atom. The monoisotopic (exact) mass is 600 g/mol. The Bertz CT molecular complexity index is 1640. The van der Waals surface area contributed by atoms with Gasteiger partial charge in [0, 0.05) is 12.6 Å². The molecule has 0 radical (unpaired) electrons. The van der Waals surface area contributed by atoms with Crippen LogP contribution in [-0.4, -0.2) is 77.2 Å². The molecule has 1 aliphatic heterocycles. The minimum absolute atomic E-state index is 0.00765. The second-order valence-electron chi connectivity index (χ2n) is 10.6. The van der Waals surface area contributed by atoms with E-state index in [1.165, 1.54) is 12.1 Å². The highest BCUT2D eigenvalue weighted by Crippen LogP contribution is 2.34. The molecule has 13 nitrogen and oxygen atoms in total. The number of carboxylic acid groups (broad SMARTS) is 1. The summed E-state index contributed by atoms with van der Waals surface area (Å²) in [6.07, 6.45) is 2.40. The van der Waals surface area contributed by atoms with Gasteiger partial charge in [0.1, 0.15) is 30.1 Å². The molecule has 228 valence electrons. The number of aryl methyl sites for hydroxylation is 1. The number of carboxylic acids is 1. The molecule has 1 unspecified atom stereocenters. The molecule has 13 heteroatoms. The molecule has 3 aromatic rings. The number of ether oxygens (including phenoxy) is 1. The molecule has 0 fully saturated rings. The number of benzene rings is 2. The van der Waals surface area contributed by atoms with Crippen molar-refractivity contribution >= 4 is 35.0 Å². The standard InChI is InChI=1S/C31H32N6O7/c1-17(28(39)26(38)15-32-2)37-9-10-44-27-8-3-18(11-25(27)37)14-33-29(40)23-13-24(35-16-34-23)30(41)36-22-7-5-19-12-20(31(42)43)4-6-21(19)22/h3-4,6,8,11-13,16-17,22,32H,5,7,9-10,14-15H2,1-2H3,(H,33,40)(H,36,41)(H,42,43)/t17?,22-/m0/s1. The van der Waals surface area contributed by atoms with E-state index in [1.807, 2.05) is 4.90 Å². The third-order valence-electron chi connectivity index (χ3n) is 7.74. The number of hydrogen-bond donors (Lipinski definition) is 4. The van der Waals surface area contributed by atoms with Gasteiger partial charge in [-0.25, -0.2) is 14.8 Å². The van der Waals surface area contributed by atoms with Gasteiger partial charge in [0.2, 0.25) is 11.6 Å². The molecule has 0 saturated carbocycles. The molecule has 4 N–H and O–H groups in total. The van der Waals surface area contributed by atoms with Crippen LogP contribution in [0.3, 0.4) is 0 Å². The lowest BCUT2D eigenvalue weighted by molar-refractivity contribution is -0.136. The van der Waals surface area contributed by atoms with E-state index in [0.29, 0.717) is 37.4 Å². The fraction of sp³-hybridized carbons (Fsp3) is 0.323. The van der Waals surface area contributed by atoms with E-state index in [0.717, 1.165) is 23.0 Å². The van der Waals surface area contributed by atoms with Gasteiger partial charge in [-0.15, -0.1) is 0 Å². The number of rotatable bonds is 11. The third kappa shape index (κ3) is 6.42. The quantitative estimate of drug-likeness (QED) is 0.234. The zero-order valence-electron chi connectivity index (χ0n) is 24.3. The minimum Gasteiger partial charge on any atom is -0.490 e. The molecule has 2 amide bonds. The molecule has 2 atom stereocenters. The van der Waals surface area contributed by atoms with Crippen molar-refractivity contribution in [2.45, 2.75) is 38.4 Å². The maximum absolute atomic E-state index is 13.0. The molecular formula is C31H32N6O7. The fourth-order valence-corrected chi connectivity index (χ4v) is 5.43. The summed E-state index contributed by atoms with van der Waals surface area (Å²) in [7, 11) is 1.61. The molecule has 2 aromatic carbocycles. The Morgan fingerprint density at radius 3 is 2.57 bits per heavy atom. The van der Waals surface area contributed by atoms with Crippen LogP contribution in [0.25, 0.3) is 0 Å². The molecule has 1 aromatic heterocycles. The van der Waals surface area contributed by atoms with E-state index in [1.54, 1.807) is 44.3 Å². The number of aromatic nitrogens is 2. The number of amides is 2. The van der Waals surface area contributed by atoms with Gasteiger partial charge in [-0.2, -0.15) is 0 Å². The van der Waals surface area contributed by atoms with Crippen molar-refractivity contribution in [3.63, 3.8) is 0 Å². The normalized spacial score (nSPS) is 15.8. The zero-order valence-corrected chi connectivity index (χ0v) is 24.3. The lowest BCUT2D eigenvalue weighted by atomic mass is 10.0. The summed E-state index contributed by atoms with van der Waals surface area (Å²) in [6.45, 7) is 2.56. The molecule has 0 saturated heterocycles. The molecule has 0 spiro atoms. The van der Waals surface area contributed by atoms with Gasteiger partial charge in [0.15, 0.2) is 0 Å². The van der Waals surface area contributed by atoms with Gasteiger partial charge in [-0.05, 0) is 67.8 Å². The SMILES string of the molecule is CNCC(=O)C(=O)C(C)N1CCOc2ccc(CNC(=O)c3cc(C(=O)N[C@H]4CCc5cc(C(=O)O)ccc54)ncn3)cc21. The maximum atomic E-state index is 13.0. The van der Waals surface area contributed by atoms with Crippen molar-refractivity contribution in [3.05, 3.63) is 82.4 Å². The van der Waals surface area contributed by atoms with Gasteiger partial charge in [0.25, 0.3) is 11.8 Å². The largest absolute Gasteiger partial charge is 0.490 e. The number of anilines is 1. The van der Waals surface area contributed by atoms with Crippen LogP contribution in [0.5, 0.6) is 5.75 Å². The van der Waals surface area contributed by atoms with Crippen molar-refractivity contribution in [3.8, 4) is 5.75 Å². The maximum Gasteiger partial charge on any atom is 0.335 e. The van der Waals surface area contributed by atoms with Crippen molar-refractivity contribution in [2.24, 2.45) is 0 Å². The van der Waals surface area contributed by atoms with Crippen LogP contribution in [0.15, 0.2) is 48.8 Å².